The number of hydrogen-bond acceptors (Lipinski definition) is 4. The van der Waals surface area contributed by atoms with Crippen molar-refractivity contribution in [3.05, 3.63) is 66.1 Å². The molecule has 1 N–H and O–H groups in total. The number of aromatic nitrogens is 3. The zero-order chi connectivity index (χ0) is 21.1. The molecule has 1 aromatic carbocycles. The standard InChI is InChI=1S/C25H31N5O/c31-23(26-19-25(13-5-6-14-25)21-8-2-1-3-9-21)18-29-16-11-20(12-17-29)24-28-27-22-10-4-7-15-30(22)24/h1-4,7-10,15,20H,5-6,11-14,16-19H2,(H,26,31). The van der Waals surface area contributed by atoms with E-state index in [1.165, 1.54) is 18.4 Å². The Hall–Kier alpha value is -2.73. The van der Waals surface area contributed by atoms with Gasteiger partial charge in [-0.1, -0.05) is 49.2 Å². The van der Waals surface area contributed by atoms with Crippen LogP contribution in [-0.2, 0) is 10.2 Å². The van der Waals surface area contributed by atoms with Gasteiger partial charge < -0.3 is 5.32 Å². The first kappa shape index (κ1) is 20.2. The molecule has 6 nitrogen and oxygen atoms in total. The van der Waals surface area contributed by atoms with Gasteiger partial charge in [-0.05, 0) is 56.5 Å². The van der Waals surface area contributed by atoms with Gasteiger partial charge >= 0.3 is 0 Å². The van der Waals surface area contributed by atoms with E-state index in [1.54, 1.807) is 0 Å². The molecule has 2 aliphatic rings. The molecule has 1 saturated carbocycles. The van der Waals surface area contributed by atoms with Gasteiger partial charge in [0.15, 0.2) is 5.65 Å². The van der Waals surface area contributed by atoms with Crippen LogP contribution in [0.25, 0.3) is 5.65 Å². The normalized spacial score (nSPS) is 19.6. The number of pyridine rings is 1. The maximum atomic E-state index is 12.7. The van der Waals surface area contributed by atoms with Gasteiger partial charge in [0.1, 0.15) is 5.82 Å². The van der Waals surface area contributed by atoms with Crippen molar-refractivity contribution in [2.45, 2.75) is 49.9 Å². The monoisotopic (exact) mass is 417 g/mol. The van der Waals surface area contributed by atoms with E-state index in [1.807, 2.05) is 24.4 Å². The van der Waals surface area contributed by atoms with Crippen molar-refractivity contribution < 1.29 is 4.79 Å². The van der Waals surface area contributed by atoms with Crippen LogP contribution in [0.3, 0.4) is 0 Å². The van der Waals surface area contributed by atoms with E-state index < -0.39 is 0 Å². The highest BCUT2D eigenvalue weighted by molar-refractivity contribution is 5.78. The van der Waals surface area contributed by atoms with Gasteiger partial charge in [-0.2, -0.15) is 0 Å². The molecular weight excluding hydrogens is 386 g/mol. The minimum absolute atomic E-state index is 0.110. The van der Waals surface area contributed by atoms with Gasteiger partial charge in [0.2, 0.25) is 5.91 Å². The van der Waals surface area contributed by atoms with Crippen LogP contribution in [-0.4, -0.2) is 51.6 Å². The fourth-order valence-electron chi connectivity index (χ4n) is 5.43. The summed E-state index contributed by atoms with van der Waals surface area (Å²) >= 11 is 0. The Bertz CT molecular complexity index is 1020. The van der Waals surface area contributed by atoms with Gasteiger partial charge in [-0.3, -0.25) is 14.1 Å². The zero-order valence-electron chi connectivity index (χ0n) is 18.0. The first-order chi connectivity index (χ1) is 15.2. The molecule has 0 atom stereocenters. The van der Waals surface area contributed by atoms with Crippen molar-refractivity contribution in [1.29, 1.82) is 0 Å². The van der Waals surface area contributed by atoms with Crippen molar-refractivity contribution in [2.24, 2.45) is 0 Å². The largest absolute Gasteiger partial charge is 0.354 e. The van der Waals surface area contributed by atoms with Crippen LogP contribution in [0.4, 0.5) is 0 Å². The van der Waals surface area contributed by atoms with Crippen LogP contribution in [0, 0.1) is 0 Å². The molecule has 6 heteroatoms. The summed E-state index contributed by atoms with van der Waals surface area (Å²) in [5.41, 5.74) is 2.38. The van der Waals surface area contributed by atoms with Gasteiger partial charge in [-0.25, -0.2) is 0 Å². The fraction of sp³-hybridized carbons (Fsp3) is 0.480. The van der Waals surface area contributed by atoms with E-state index >= 15 is 0 Å². The number of piperidine rings is 1. The van der Waals surface area contributed by atoms with Crippen LogP contribution < -0.4 is 5.32 Å². The molecule has 0 bridgehead atoms. The number of rotatable bonds is 6. The zero-order valence-corrected chi connectivity index (χ0v) is 18.0. The van der Waals surface area contributed by atoms with Crippen molar-refractivity contribution in [2.75, 3.05) is 26.2 Å². The number of hydrogen-bond donors (Lipinski definition) is 1. The molecule has 0 radical (unpaired) electrons. The quantitative estimate of drug-likeness (QED) is 0.666. The molecule has 0 spiro atoms. The summed E-state index contributed by atoms with van der Waals surface area (Å²) in [6.45, 7) is 3.07. The number of fused-ring (bicyclic) bond motifs is 1. The molecular formula is C25H31N5O. The Morgan fingerprint density at radius 1 is 1.00 bits per heavy atom. The first-order valence-electron chi connectivity index (χ1n) is 11.6. The lowest BCUT2D eigenvalue weighted by atomic mass is 9.79. The lowest BCUT2D eigenvalue weighted by Crippen LogP contribution is -2.45. The second-order valence-corrected chi connectivity index (χ2v) is 9.17. The van der Waals surface area contributed by atoms with E-state index in [0.717, 1.165) is 56.8 Å². The molecule has 3 aromatic rings. The molecule has 0 unspecified atom stereocenters. The summed E-state index contributed by atoms with van der Waals surface area (Å²) in [7, 11) is 0. The number of nitrogens with one attached hydrogen (secondary N) is 1. The number of likely N-dealkylation sites (tertiary alicyclic amines) is 1. The molecule has 1 aliphatic carbocycles. The van der Waals surface area contributed by atoms with Crippen molar-refractivity contribution >= 4 is 11.6 Å². The molecule has 5 rings (SSSR count). The predicted molar refractivity (Wildman–Crippen MR) is 121 cm³/mol. The third-order valence-corrected chi connectivity index (χ3v) is 7.23. The number of carbonyl (C=O) groups excluding carboxylic acids is 1. The maximum Gasteiger partial charge on any atom is 0.234 e. The van der Waals surface area contributed by atoms with E-state index in [0.29, 0.717) is 12.5 Å². The number of amides is 1. The van der Waals surface area contributed by atoms with Crippen molar-refractivity contribution in [3.63, 3.8) is 0 Å². The summed E-state index contributed by atoms with van der Waals surface area (Å²) in [5, 5.41) is 12.0. The van der Waals surface area contributed by atoms with Crippen LogP contribution in [0.5, 0.6) is 0 Å². The van der Waals surface area contributed by atoms with E-state index in [2.05, 4.69) is 55.1 Å². The van der Waals surface area contributed by atoms with Gasteiger partial charge in [-0.15, -0.1) is 10.2 Å². The second-order valence-electron chi connectivity index (χ2n) is 9.17. The van der Waals surface area contributed by atoms with Crippen LogP contribution in [0.15, 0.2) is 54.7 Å². The third-order valence-electron chi connectivity index (χ3n) is 7.23. The summed E-state index contributed by atoms with van der Waals surface area (Å²) < 4.78 is 2.09. The molecule has 2 aromatic heterocycles. The van der Waals surface area contributed by atoms with Gasteiger partial charge in [0, 0.05) is 24.1 Å². The maximum absolute atomic E-state index is 12.7. The second kappa shape index (κ2) is 8.79. The van der Waals surface area contributed by atoms with Crippen LogP contribution in [0.2, 0.25) is 0 Å². The predicted octanol–water partition coefficient (Wildman–Crippen LogP) is 3.54. The van der Waals surface area contributed by atoms with Crippen LogP contribution in [0.1, 0.15) is 55.8 Å². The Morgan fingerprint density at radius 3 is 2.52 bits per heavy atom. The summed E-state index contributed by atoms with van der Waals surface area (Å²) in [4.78, 5) is 15.0. The summed E-state index contributed by atoms with van der Waals surface area (Å²) in [5.74, 6) is 1.59. The molecule has 1 amide bonds. The van der Waals surface area contributed by atoms with Crippen molar-refractivity contribution in [3.8, 4) is 0 Å². The minimum Gasteiger partial charge on any atom is -0.354 e. The topological polar surface area (TPSA) is 62.5 Å². The number of carbonyl (C=O) groups is 1. The lowest BCUT2D eigenvalue weighted by Gasteiger charge is -2.32. The average molecular weight is 418 g/mol. The van der Waals surface area contributed by atoms with Gasteiger partial charge in [0.25, 0.3) is 0 Å². The van der Waals surface area contributed by atoms with E-state index in [-0.39, 0.29) is 11.3 Å². The Balaban J connectivity index is 1.14. The molecule has 2 fully saturated rings. The SMILES string of the molecule is O=C(CN1CCC(c2nnc3ccccn23)CC1)NCC1(c2ccccc2)CCCC1. The highest BCUT2D eigenvalue weighted by Gasteiger charge is 2.36. The van der Waals surface area contributed by atoms with Crippen LogP contribution >= 0.6 is 0 Å². The van der Waals surface area contributed by atoms with E-state index in [4.69, 9.17) is 0 Å². The molecule has 162 valence electrons. The van der Waals surface area contributed by atoms with Crippen molar-refractivity contribution in [1.82, 2.24) is 24.8 Å². The smallest absolute Gasteiger partial charge is 0.234 e. The lowest BCUT2D eigenvalue weighted by molar-refractivity contribution is -0.122. The molecule has 1 saturated heterocycles. The highest BCUT2D eigenvalue weighted by Crippen LogP contribution is 2.40. The first-order valence-corrected chi connectivity index (χ1v) is 11.6. The Morgan fingerprint density at radius 2 is 1.74 bits per heavy atom. The Kier molecular flexibility index (Phi) is 5.72. The highest BCUT2D eigenvalue weighted by atomic mass is 16.2. The van der Waals surface area contributed by atoms with E-state index in [9.17, 15) is 4.79 Å². The molecule has 31 heavy (non-hydrogen) atoms. The minimum atomic E-state index is 0.110. The summed E-state index contributed by atoms with van der Waals surface area (Å²) in [6, 6.07) is 16.7. The number of benzene rings is 1. The summed E-state index contributed by atoms with van der Waals surface area (Å²) in [6.07, 6.45) is 8.87. The Labute approximate surface area is 183 Å². The van der Waals surface area contributed by atoms with Gasteiger partial charge in [0.05, 0.1) is 6.54 Å². The average Bonchev–Trinajstić information content (AvgIpc) is 3.47. The molecule has 3 heterocycles. The molecule has 1 aliphatic heterocycles. The third kappa shape index (κ3) is 4.22. The fourth-order valence-corrected chi connectivity index (χ4v) is 5.43. The number of nitrogens with zero attached hydrogens (tertiary/aromatic N) is 4.